The molecular formula is C11H14N2OS. The number of nitrogens with zero attached hydrogens (tertiary/aromatic N) is 1. The molecule has 1 aliphatic heterocycles. The normalized spacial score (nSPS) is 15.1. The molecule has 2 rings (SSSR count). The third kappa shape index (κ3) is 2.26. The van der Waals surface area contributed by atoms with Crippen LogP contribution in [0.15, 0.2) is 28.1 Å². The maximum absolute atomic E-state index is 5.77. The number of hydrogen-bond donors (Lipinski definition) is 1. The molecule has 0 amide bonds. The third-order valence-corrected chi connectivity index (χ3v) is 3.23. The molecule has 1 aliphatic rings. The zero-order valence-electron chi connectivity index (χ0n) is 8.69. The van der Waals surface area contributed by atoms with Crippen LogP contribution < -0.4 is 10.5 Å². The van der Waals surface area contributed by atoms with E-state index >= 15 is 0 Å². The molecule has 0 fully saturated rings. The van der Waals surface area contributed by atoms with Crippen molar-refractivity contribution in [1.29, 1.82) is 0 Å². The Balaban J connectivity index is 2.43. The largest absolute Gasteiger partial charge is 0.493 e. The van der Waals surface area contributed by atoms with Crippen molar-refractivity contribution < 1.29 is 4.74 Å². The minimum absolute atomic E-state index is 0.677. The van der Waals surface area contributed by atoms with E-state index in [-0.39, 0.29) is 0 Å². The second kappa shape index (κ2) is 4.57. The fourth-order valence-electron chi connectivity index (χ4n) is 1.47. The van der Waals surface area contributed by atoms with E-state index in [0.29, 0.717) is 12.4 Å². The van der Waals surface area contributed by atoms with Crippen molar-refractivity contribution in [2.45, 2.75) is 18.2 Å². The number of nitrogens with two attached hydrogens (primary N) is 1. The zero-order valence-corrected chi connectivity index (χ0v) is 9.51. The molecule has 0 aromatic heterocycles. The van der Waals surface area contributed by atoms with Crippen molar-refractivity contribution in [2.24, 2.45) is 10.7 Å². The van der Waals surface area contributed by atoms with Gasteiger partial charge in [0.2, 0.25) is 0 Å². The Labute approximate surface area is 93.7 Å². The highest BCUT2D eigenvalue weighted by atomic mass is 32.2. The first-order valence-electron chi connectivity index (χ1n) is 5.03. The molecular weight excluding hydrogens is 208 g/mol. The first-order chi connectivity index (χ1) is 7.31. The summed E-state index contributed by atoms with van der Waals surface area (Å²) in [5.74, 6) is 2.58. The summed E-state index contributed by atoms with van der Waals surface area (Å²) in [7, 11) is 0. The highest BCUT2D eigenvalue weighted by molar-refractivity contribution is 7.99. The maximum atomic E-state index is 5.77. The van der Waals surface area contributed by atoms with E-state index < -0.39 is 0 Å². The predicted octanol–water partition coefficient (Wildman–Crippen LogP) is 2.57. The average Bonchev–Trinajstić information content (AvgIpc) is 2.40. The Bertz CT molecular complexity index is 390. The molecule has 1 aromatic rings. The quantitative estimate of drug-likeness (QED) is 0.836. The zero-order chi connectivity index (χ0) is 10.7. The number of ether oxygens (including phenoxy) is 1. The van der Waals surface area contributed by atoms with Crippen molar-refractivity contribution in [3.63, 3.8) is 0 Å². The lowest BCUT2D eigenvalue weighted by atomic mass is 10.3. The van der Waals surface area contributed by atoms with E-state index in [2.05, 4.69) is 4.99 Å². The van der Waals surface area contributed by atoms with Crippen LogP contribution in [0.1, 0.15) is 13.3 Å². The van der Waals surface area contributed by atoms with Crippen molar-refractivity contribution in [3.8, 4) is 5.75 Å². The molecule has 0 unspecified atom stereocenters. The summed E-state index contributed by atoms with van der Waals surface area (Å²) in [6, 6.07) is 5.90. The van der Waals surface area contributed by atoms with Crippen LogP contribution in [0.25, 0.3) is 0 Å². The SMILES string of the molecule is CCOc1cccc2c1SCCC(N)=N2. The van der Waals surface area contributed by atoms with Gasteiger partial charge in [-0.2, -0.15) is 0 Å². The molecule has 2 N–H and O–H groups in total. The number of aliphatic imine (C=N–C) groups is 1. The molecule has 3 nitrogen and oxygen atoms in total. The molecule has 0 saturated carbocycles. The fourth-order valence-corrected chi connectivity index (χ4v) is 2.52. The van der Waals surface area contributed by atoms with Gasteiger partial charge in [0.1, 0.15) is 11.6 Å². The molecule has 15 heavy (non-hydrogen) atoms. The first-order valence-corrected chi connectivity index (χ1v) is 6.01. The van der Waals surface area contributed by atoms with E-state index in [1.54, 1.807) is 11.8 Å². The first kappa shape index (κ1) is 10.4. The van der Waals surface area contributed by atoms with Crippen LogP contribution in [-0.2, 0) is 0 Å². The number of hydrogen-bond acceptors (Lipinski definition) is 4. The number of amidine groups is 1. The van der Waals surface area contributed by atoms with Crippen LogP contribution in [0.5, 0.6) is 5.75 Å². The second-order valence-electron chi connectivity index (χ2n) is 3.24. The molecule has 0 saturated heterocycles. The lowest BCUT2D eigenvalue weighted by Gasteiger charge is -2.09. The molecule has 0 bridgehead atoms. The topological polar surface area (TPSA) is 47.6 Å². The summed E-state index contributed by atoms with van der Waals surface area (Å²) in [6.45, 7) is 2.66. The van der Waals surface area contributed by atoms with E-state index in [4.69, 9.17) is 10.5 Å². The van der Waals surface area contributed by atoms with Gasteiger partial charge in [0.15, 0.2) is 0 Å². The van der Waals surface area contributed by atoms with Crippen LogP contribution in [0.4, 0.5) is 5.69 Å². The number of thioether (sulfide) groups is 1. The van der Waals surface area contributed by atoms with Crippen LogP contribution >= 0.6 is 11.8 Å². The molecule has 1 heterocycles. The fraction of sp³-hybridized carbons (Fsp3) is 0.364. The predicted molar refractivity (Wildman–Crippen MR) is 64.2 cm³/mol. The van der Waals surface area contributed by atoms with Gasteiger partial charge in [-0.25, -0.2) is 4.99 Å². The van der Waals surface area contributed by atoms with Crippen molar-refractivity contribution >= 4 is 23.3 Å². The van der Waals surface area contributed by atoms with Crippen LogP contribution in [-0.4, -0.2) is 18.2 Å². The van der Waals surface area contributed by atoms with E-state index in [0.717, 1.165) is 28.5 Å². The monoisotopic (exact) mass is 222 g/mol. The lowest BCUT2D eigenvalue weighted by molar-refractivity contribution is 0.332. The molecule has 0 aliphatic carbocycles. The van der Waals surface area contributed by atoms with Gasteiger partial charge in [0.05, 0.1) is 17.2 Å². The van der Waals surface area contributed by atoms with Gasteiger partial charge in [-0.05, 0) is 19.1 Å². The van der Waals surface area contributed by atoms with Gasteiger partial charge in [-0.3, -0.25) is 0 Å². The van der Waals surface area contributed by atoms with Crippen LogP contribution in [0, 0.1) is 0 Å². The highest BCUT2D eigenvalue weighted by Crippen LogP contribution is 2.39. The van der Waals surface area contributed by atoms with Gasteiger partial charge < -0.3 is 10.5 Å². The number of rotatable bonds is 2. The molecule has 0 spiro atoms. The standard InChI is InChI=1S/C11H14N2OS/c1-2-14-9-5-3-4-8-11(9)15-7-6-10(12)13-8/h3-5H,2,6-7H2,1H3,(H2,12,13). The van der Waals surface area contributed by atoms with Crippen molar-refractivity contribution in [1.82, 2.24) is 0 Å². The minimum Gasteiger partial charge on any atom is -0.493 e. The van der Waals surface area contributed by atoms with Gasteiger partial charge >= 0.3 is 0 Å². The van der Waals surface area contributed by atoms with Crippen molar-refractivity contribution in [2.75, 3.05) is 12.4 Å². The Morgan fingerprint density at radius 1 is 1.53 bits per heavy atom. The summed E-state index contributed by atoms with van der Waals surface area (Å²) >= 11 is 1.76. The molecule has 1 aromatic carbocycles. The summed E-state index contributed by atoms with van der Waals surface area (Å²) in [4.78, 5) is 5.49. The lowest BCUT2D eigenvalue weighted by Crippen LogP contribution is -2.10. The molecule has 4 heteroatoms. The highest BCUT2D eigenvalue weighted by Gasteiger charge is 2.13. The molecule has 80 valence electrons. The van der Waals surface area contributed by atoms with Crippen LogP contribution in [0.3, 0.4) is 0 Å². The van der Waals surface area contributed by atoms with Crippen molar-refractivity contribution in [3.05, 3.63) is 18.2 Å². The van der Waals surface area contributed by atoms with Gasteiger partial charge in [-0.15, -0.1) is 11.8 Å². The molecule has 0 radical (unpaired) electrons. The Morgan fingerprint density at radius 2 is 2.40 bits per heavy atom. The maximum Gasteiger partial charge on any atom is 0.135 e. The van der Waals surface area contributed by atoms with E-state index in [1.807, 2.05) is 25.1 Å². The number of fused-ring (bicyclic) bond motifs is 1. The van der Waals surface area contributed by atoms with Gasteiger partial charge in [0, 0.05) is 12.2 Å². The number of benzene rings is 1. The summed E-state index contributed by atoms with van der Waals surface area (Å²) in [5, 5.41) is 0. The van der Waals surface area contributed by atoms with Gasteiger partial charge in [0.25, 0.3) is 0 Å². The Hall–Kier alpha value is -1.16. The van der Waals surface area contributed by atoms with Crippen LogP contribution in [0.2, 0.25) is 0 Å². The minimum atomic E-state index is 0.677. The Kier molecular flexibility index (Phi) is 3.16. The molecule has 0 atom stereocenters. The smallest absolute Gasteiger partial charge is 0.135 e. The average molecular weight is 222 g/mol. The summed E-state index contributed by atoms with van der Waals surface area (Å²) in [5.41, 5.74) is 6.70. The second-order valence-corrected chi connectivity index (χ2v) is 4.34. The van der Waals surface area contributed by atoms with Gasteiger partial charge in [-0.1, -0.05) is 6.07 Å². The van der Waals surface area contributed by atoms with E-state index in [1.165, 1.54) is 0 Å². The summed E-state index contributed by atoms with van der Waals surface area (Å²) < 4.78 is 5.56. The summed E-state index contributed by atoms with van der Waals surface area (Å²) in [6.07, 6.45) is 0.838. The Morgan fingerprint density at radius 3 is 3.20 bits per heavy atom. The van der Waals surface area contributed by atoms with E-state index in [9.17, 15) is 0 Å². The third-order valence-electron chi connectivity index (χ3n) is 2.13.